The Labute approximate surface area is 111 Å². The zero-order chi connectivity index (χ0) is 13.8. The highest BCUT2D eigenvalue weighted by atomic mass is 32.2. The molecule has 1 atom stereocenters. The van der Waals surface area contributed by atoms with E-state index in [1.54, 1.807) is 18.3 Å². The van der Waals surface area contributed by atoms with E-state index in [0.29, 0.717) is 5.69 Å². The summed E-state index contributed by atoms with van der Waals surface area (Å²) in [4.78, 5) is 4.32. The summed E-state index contributed by atoms with van der Waals surface area (Å²) in [6.45, 7) is 0.241. The number of hydrogen-bond donors (Lipinski definition) is 1. The summed E-state index contributed by atoms with van der Waals surface area (Å²) in [5.41, 5.74) is 6.93. The number of halogens is 2. The normalized spacial score (nSPS) is 12.4. The van der Waals surface area contributed by atoms with Crippen molar-refractivity contribution in [2.75, 3.05) is 0 Å². The van der Waals surface area contributed by atoms with E-state index in [9.17, 15) is 13.0 Å². The van der Waals surface area contributed by atoms with E-state index >= 15 is 0 Å². The van der Waals surface area contributed by atoms with Gasteiger partial charge in [0.25, 0.3) is 0 Å². The van der Waals surface area contributed by atoms with Crippen LogP contribution in [0.25, 0.3) is 0 Å². The Morgan fingerprint density at radius 1 is 1.21 bits per heavy atom. The van der Waals surface area contributed by atoms with E-state index < -0.39 is 22.4 Å². The predicted molar refractivity (Wildman–Crippen MR) is 68.6 cm³/mol. The molecule has 3 nitrogen and oxygen atoms in total. The van der Waals surface area contributed by atoms with Crippen molar-refractivity contribution in [2.45, 2.75) is 17.2 Å². The maximum Gasteiger partial charge on any atom is 0.160 e. The number of nitrogens with two attached hydrogens (primary N) is 1. The minimum absolute atomic E-state index is 0.172. The highest BCUT2D eigenvalue weighted by Crippen LogP contribution is 2.16. The molecule has 0 saturated heterocycles. The van der Waals surface area contributed by atoms with Gasteiger partial charge in [-0.05, 0) is 29.8 Å². The van der Waals surface area contributed by atoms with Gasteiger partial charge < -0.3 is 5.73 Å². The van der Waals surface area contributed by atoms with Crippen LogP contribution in [0.4, 0.5) is 8.78 Å². The molecule has 0 fully saturated rings. The molecular weight excluding hydrogens is 270 g/mol. The third-order valence-corrected chi connectivity index (χ3v) is 3.97. The van der Waals surface area contributed by atoms with Crippen molar-refractivity contribution in [1.29, 1.82) is 0 Å². The van der Waals surface area contributed by atoms with Crippen LogP contribution in [0.15, 0.2) is 41.4 Å². The minimum atomic E-state index is -1.47. The van der Waals surface area contributed by atoms with Crippen molar-refractivity contribution in [3.63, 3.8) is 0 Å². The van der Waals surface area contributed by atoms with Crippen LogP contribution in [0.1, 0.15) is 11.3 Å². The van der Waals surface area contributed by atoms with Crippen molar-refractivity contribution >= 4 is 10.8 Å². The van der Waals surface area contributed by atoms with Gasteiger partial charge in [-0.2, -0.15) is 0 Å². The topological polar surface area (TPSA) is 56.0 Å². The highest BCUT2D eigenvalue weighted by Gasteiger charge is 2.11. The molecular formula is C13H12F2N2OS. The van der Waals surface area contributed by atoms with E-state index in [1.807, 2.05) is 0 Å². The lowest BCUT2D eigenvalue weighted by molar-refractivity contribution is 0.505. The standard InChI is InChI=1S/C13H12F2N2OS/c14-11-4-3-10(6-12(11)15)19(18)8-9-2-1-5-17-13(9)7-16/h1-6H,7-8,16H2. The van der Waals surface area contributed by atoms with E-state index in [4.69, 9.17) is 5.73 Å². The molecule has 0 saturated carbocycles. The van der Waals surface area contributed by atoms with Gasteiger partial charge in [-0.25, -0.2) is 8.78 Å². The first kappa shape index (κ1) is 13.8. The number of benzene rings is 1. The van der Waals surface area contributed by atoms with E-state index in [1.165, 1.54) is 6.07 Å². The Morgan fingerprint density at radius 2 is 2.00 bits per heavy atom. The summed E-state index contributed by atoms with van der Waals surface area (Å²) in [7, 11) is -1.47. The van der Waals surface area contributed by atoms with Crippen molar-refractivity contribution in [3.8, 4) is 0 Å². The van der Waals surface area contributed by atoms with Gasteiger partial charge in [-0.15, -0.1) is 0 Å². The minimum Gasteiger partial charge on any atom is -0.325 e. The van der Waals surface area contributed by atoms with Crippen LogP contribution >= 0.6 is 0 Å². The van der Waals surface area contributed by atoms with Crippen molar-refractivity contribution in [3.05, 3.63) is 59.4 Å². The zero-order valence-electron chi connectivity index (χ0n) is 9.98. The van der Waals surface area contributed by atoms with Gasteiger partial charge >= 0.3 is 0 Å². The fourth-order valence-corrected chi connectivity index (χ4v) is 2.80. The molecule has 6 heteroatoms. The summed E-state index contributed by atoms with van der Waals surface area (Å²) >= 11 is 0. The predicted octanol–water partition coefficient (Wildman–Crippen LogP) is 2.13. The van der Waals surface area contributed by atoms with Crippen LogP contribution in [0.3, 0.4) is 0 Å². The molecule has 0 aliphatic carbocycles. The fraction of sp³-hybridized carbons (Fsp3) is 0.154. The summed E-state index contributed by atoms with van der Waals surface area (Å²) < 4.78 is 38.0. The van der Waals surface area contributed by atoms with Gasteiger partial charge in [0, 0.05) is 17.6 Å². The first-order chi connectivity index (χ1) is 9.11. The maximum atomic E-state index is 13.1. The van der Waals surface area contributed by atoms with Crippen molar-refractivity contribution in [1.82, 2.24) is 4.98 Å². The van der Waals surface area contributed by atoms with E-state index in [0.717, 1.165) is 17.7 Å². The van der Waals surface area contributed by atoms with Crippen LogP contribution < -0.4 is 5.73 Å². The van der Waals surface area contributed by atoms with Gasteiger partial charge in [0.2, 0.25) is 0 Å². The van der Waals surface area contributed by atoms with Gasteiger partial charge in [0.1, 0.15) is 0 Å². The molecule has 2 N–H and O–H groups in total. The second-order valence-corrected chi connectivity index (χ2v) is 5.33. The summed E-state index contributed by atoms with van der Waals surface area (Å²) in [6, 6.07) is 6.72. The van der Waals surface area contributed by atoms with Crippen molar-refractivity contribution < 1.29 is 13.0 Å². The van der Waals surface area contributed by atoms with Gasteiger partial charge in [0.05, 0.1) is 22.2 Å². The second-order valence-electron chi connectivity index (χ2n) is 3.88. The lowest BCUT2D eigenvalue weighted by Crippen LogP contribution is -2.07. The molecule has 0 radical (unpaired) electrons. The average molecular weight is 282 g/mol. The van der Waals surface area contributed by atoms with Crippen LogP contribution in [-0.4, -0.2) is 9.19 Å². The largest absolute Gasteiger partial charge is 0.325 e. The van der Waals surface area contributed by atoms with Crippen LogP contribution in [0.5, 0.6) is 0 Å². The Kier molecular flexibility index (Phi) is 4.34. The molecule has 1 unspecified atom stereocenters. The van der Waals surface area contributed by atoms with E-state index in [2.05, 4.69) is 4.98 Å². The Hall–Kier alpha value is -1.66. The lowest BCUT2D eigenvalue weighted by Gasteiger charge is -2.07. The monoisotopic (exact) mass is 282 g/mol. The van der Waals surface area contributed by atoms with Gasteiger partial charge in [-0.1, -0.05) is 6.07 Å². The molecule has 100 valence electrons. The van der Waals surface area contributed by atoms with E-state index in [-0.39, 0.29) is 17.2 Å². The van der Waals surface area contributed by atoms with Gasteiger partial charge in [-0.3, -0.25) is 9.19 Å². The Balaban J connectivity index is 2.23. The zero-order valence-corrected chi connectivity index (χ0v) is 10.8. The number of aromatic nitrogens is 1. The average Bonchev–Trinajstić information content (AvgIpc) is 2.42. The third-order valence-electron chi connectivity index (χ3n) is 2.62. The second kappa shape index (κ2) is 5.99. The molecule has 1 aromatic heterocycles. The number of rotatable bonds is 4. The quantitative estimate of drug-likeness (QED) is 0.934. The molecule has 0 aliphatic rings. The molecule has 19 heavy (non-hydrogen) atoms. The van der Waals surface area contributed by atoms with Gasteiger partial charge in [0.15, 0.2) is 11.6 Å². The molecule has 1 aromatic carbocycles. The molecule has 1 heterocycles. The highest BCUT2D eigenvalue weighted by molar-refractivity contribution is 7.84. The fourth-order valence-electron chi connectivity index (χ4n) is 1.63. The molecule has 0 aliphatic heterocycles. The molecule has 0 spiro atoms. The Bertz CT molecular complexity index is 619. The first-order valence-electron chi connectivity index (χ1n) is 5.58. The molecule has 0 bridgehead atoms. The Morgan fingerprint density at radius 3 is 2.68 bits per heavy atom. The third kappa shape index (κ3) is 3.21. The first-order valence-corrected chi connectivity index (χ1v) is 6.90. The summed E-state index contributed by atoms with van der Waals surface area (Å²) in [6.07, 6.45) is 1.60. The summed E-state index contributed by atoms with van der Waals surface area (Å²) in [5, 5.41) is 0. The summed E-state index contributed by atoms with van der Waals surface area (Å²) in [5.74, 6) is -1.79. The number of pyridine rings is 1. The maximum absolute atomic E-state index is 13.1. The van der Waals surface area contributed by atoms with Crippen LogP contribution in [-0.2, 0) is 23.1 Å². The molecule has 2 aromatic rings. The van der Waals surface area contributed by atoms with Crippen molar-refractivity contribution in [2.24, 2.45) is 5.73 Å². The number of nitrogens with zero attached hydrogens (tertiary/aromatic N) is 1. The smallest absolute Gasteiger partial charge is 0.160 e. The number of hydrogen-bond acceptors (Lipinski definition) is 3. The molecule has 0 amide bonds. The SMILES string of the molecule is NCc1ncccc1CS(=O)c1ccc(F)c(F)c1. The lowest BCUT2D eigenvalue weighted by atomic mass is 10.2. The van der Waals surface area contributed by atoms with Crippen LogP contribution in [0, 0.1) is 11.6 Å². The van der Waals surface area contributed by atoms with Crippen LogP contribution in [0.2, 0.25) is 0 Å². The molecule has 2 rings (SSSR count).